The Balaban J connectivity index is 2.31. The molecule has 2 atom stereocenters. The smallest absolute Gasteiger partial charge is 0.163 e. The van der Waals surface area contributed by atoms with Crippen LogP contribution in [-0.2, 0) is 9.47 Å². The molecule has 2 unspecified atom stereocenters. The molecule has 0 bridgehead atoms. The Morgan fingerprint density at radius 1 is 1.64 bits per heavy atom. The minimum Gasteiger partial charge on any atom is -0.348 e. The summed E-state index contributed by atoms with van der Waals surface area (Å²) in [5, 5.41) is 0. The van der Waals surface area contributed by atoms with E-state index in [0.717, 1.165) is 13.0 Å². The van der Waals surface area contributed by atoms with Gasteiger partial charge in [-0.3, -0.25) is 0 Å². The molecule has 1 saturated heterocycles. The fourth-order valence-corrected chi connectivity index (χ4v) is 1.66. The largest absolute Gasteiger partial charge is 0.348 e. The van der Waals surface area contributed by atoms with Crippen LogP contribution in [0, 0.1) is 0 Å². The summed E-state index contributed by atoms with van der Waals surface area (Å²) >= 11 is 3.49. The molecule has 0 spiro atoms. The Kier molecular flexibility index (Phi) is 2.95. The lowest BCUT2D eigenvalue weighted by molar-refractivity contribution is -0.138. The number of ether oxygens (including phenoxy) is 2. The molecule has 1 aliphatic heterocycles. The summed E-state index contributed by atoms with van der Waals surface area (Å²) < 4.78 is 11.0. The quantitative estimate of drug-likeness (QED) is 0.669. The lowest BCUT2D eigenvalue weighted by atomic mass is 10.2. The van der Waals surface area contributed by atoms with E-state index in [1.807, 2.05) is 13.8 Å². The maximum atomic E-state index is 5.61. The molecule has 0 aromatic rings. The first-order valence-corrected chi connectivity index (χ1v) is 4.87. The SMILES string of the molecule is CC(Br)CC1COC(C)(C)O1. The van der Waals surface area contributed by atoms with Gasteiger partial charge in [-0.25, -0.2) is 0 Å². The van der Waals surface area contributed by atoms with Gasteiger partial charge in [-0.15, -0.1) is 0 Å². The number of hydrogen-bond donors (Lipinski definition) is 0. The molecular weight excluding hydrogens is 208 g/mol. The van der Waals surface area contributed by atoms with Crippen molar-refractivity contribution in [1.29, 1.82) is 0 Å². The molecule has 0 saturated carbocycles. The van der Waals surface area contributed by atoms with Crippen molar-refractivity contribution < 1.29 is 9.47 Å². The second-order valence-corrected chi connectivity index (χ2v) is 5.03. The van der Waals surface area contributed by atoms with E-state index in [2.05, 4.69) is 22.9 Å². The van der Waals surface area contributed by atoms with Crippen molar-refractivity contribution in [2.24, 2.45) is 0 Å². The van der Waals surface area contributed by atoms with Crippen LogP contribution in [-0.4, -0.2) is 23.3 Å². The van der Waals surface area contributed by atoms with Crippen LogP contribution in [0.5, 0.6) is 0 Å². The molecule has 1 aliphatic rings. The average Bonchev–Trinajstić information content (AvgIpc) is 2.08. The highest BCUT2D eigenvalue weighted by Gasteiger charge is 2.32. The fourth-order valence-electron chi connectivity index (χ4n) is 1.24. The number of alkyl halides is 1. The standard InChI is InChI=1S/C8H15BrO2/c1-6(9)4-7-5-10-8(2,3)11-7/h6-7H,4-5H2,1-3H3. The first-order chi connectivity index (χ1) is 4.99. The van der Waals surface area contributed by atoms with E-state index in [1.54, 1.807) is 0 Å². The Labute approximate surface area is 76.4 Å². The maximum Gasteiger partial charge on any atom is 0.163 e. The summed E-state index contributed by atoms with van der Waals surface area (Å²) in [4.78, 5) is 0.505. The van der Waals surface area contributed by atoms with E-state index < -0.39 is 0 Å². The molecule has 1 fully saturated rings. The summed E-state index contributed by atoms with van der Waals surface area (Å²) in [5.41, 5.74) is 0. The molecule has 0 aromatic carbocycles. The van der Waals surface area contributed by atoms with Gasteiger partial charge in [0.2, 0.25) is 0 Å². The minimum absolute atomic E-state index is 0.263. The predicted octanol–water partition coefficient (Wildman–Crippen LogP) is 2.31. The highest BCUT2D eigenvalue weighted by molar-refractivity contribution is 9.09. The van der Waals surface area contributed by atoms with E-state index in [-0.39, 0.29) is 11.9 Å². The second-order valence-electron chi connectivity index (χ2n) is 3.47. The molecule has 1 rings (SSSR count). The molecule has 3 heteroatoms. The van der Waals surface area contributed by atoms with Crippen LogP contribution in [0.4, 0.5) is 0 Å². The van der Waals surface area contributed by atoms with Gasteiger partial charge in [0, 0.05) is 4.83 Å². The van der Waals surface area contributed by atoms with E-state index in [1.165, 1.54) is 0 Å². The molecule has 2 nitrogen and oxygen atoms in total. The van der Waals surface area contributed by atoms with Crippen molar-refractivity contribution in [3.05, 3.63) is 0 Å². The van der Waals surface area contributed by atoms with Crippen LogP contribution in [0.25, 0.3) is 0 Å². The highest BCUT2D eigenvalue weighted by Crippen LogP contribution is 2.25. The molecule has 66 valence electrons. The summed E-state index contributed by atoms with van der Waals surface area (Å²) in [5.74, 6) is -0.368. The van der Waals surface area contributed by atoms with Crippen LogP contribution in [0.15, 0.2) is 0 Å². The van der Waals surface area contributed by atoms with Crippen molar-refractivity contribution >= 4 is 15.9 Å². The molecule has 0 aromatic heterocycles. The predicted molar refractivity (Wildman–Crippen MR) is 47.9 cm³/mol. The molecule has 0 aliphatic carbocycles. The van der Waals surface area contributed by atoms with Gasteiger partial charge >= 0.3 is 0 Å². The van der Waals surface area contributed by atoms with Crippen LogP contribution in [0.2, 0.25) is 0 Å². The number of rotatable bonds is 2. The summed E-state index contributed by atoms with van der Waals surface area (Å²) in [6.45, 7) is 6.75. The molecule has 0 radical (unpaired) electrons. The van der Waals surface area contributed by atoms with Gasteiger partial charge in [-0.05, 0) is 20.3 Å². The lowest BCUT2D eigenvalue weighted by Gasteiger charge is -2.17. The maximum absolute atomic E-state index is 5.61. The highest BCUT2D eigenvalue weighted by atomic mass is 79.9. The van der Waals surface area contributed by atoms with Crippen molar-refractivity contribution in [1.82, 2.24) is 0 Å². The van der Waals surface area contributed by atoms with Crippen molar-refractivity contribution in [3.63, 3.8) is 0 Å². The van der Waals surface area contributed by atoms with E-state index >= 15 is 0 Å². The zero-order valence-electron chi connectivity index (χ0n) is 7.26. The van der Waals surface area contributed by atoms with Gasteiger partial charge in [0.1, 0.15) is 0 Å². The van der Waals surface area contributed by atoms with Crippen molar-refractivity contribution in [2.75, 3.05) is 6.61 Å². The van der Waals surface area contributed by atoms with Gasteiger partial charge in [0.15, 0.2) is 5.79 Å². The van der Waals surface area contributed by atoms with Gasteiger partial charge in [-0.2, -0.15) is 0 Å². The van der Waals surface area contributed by atoms with Crippen LogP contribution in [0.3, 0.4) is 0 Å². The van der Waals surface area contributed by atoms with Gasteiger partial charge in [-0.1, -0.05) is 22.9 Å². The van der Waals surface area contributed by atoms with Crippen LogP contribution < -0.4 is 0 Å². The first-order valence-electron chi connectivity index (χ1n) is 3.95. The average molecular weight is 223 g/mol. The normalized spacial score (nSPS) is 32.2. The molecule has 0 N–H and O–H groups in total. The first kappa shape index (κ1) is 9.49. The Bertz CT molecular complexity index is 134. The third-order valence-corrected chi connectivity index (χ3v) is 2.03. The van der Waals surface area contributed by atoms with Gasteiger partial charge in [0.25, 0.3) is 0 Å². The Morgan fingerprint density at radius 2 is 2.27 bits per heavy atom. The Morgan fingerprint density at radius 3 is 2.64 bits per heavy atom. The van der Waals surface area contributed by atoms with E-state index in [0.29, 0.717) is 4.83 Å². The second kappa shape index (κ2) is 3.42. The summed E-state index contributed by atoms with van der Waals surface area (Å²) in [6.07, 6.45) is 1.28. The summed E-state index contributed by atoms with van der Waals surface area (Å²) in [6, 6.07) is 0. The van der Waals surface area contributed by atoms with Gasteiger partial charge < -0.3 is 9.47 Å². The lowest BCUT2D eigenvalue weighted by Crippen LogP contribution is -2.22. The third-order valence-electron chi connectivity index (χ3n) is 1.65. The topological polar surface area (TPSA) is 18.5 Å². The Hall–Kier alpha value is 0.400. The fraction of sp³-hybridized carbons (Fsp3) is 1.00. The number of hydrogen-bond acceptors (Lipinski definition) is 2. The molecular formula is C8H15BrO2. The zero-order chi connectivity index (χ0) is 8.48. The monoisotopic (exact) mass is 222 g/mol. The van der Waals surface area contributed by atoms with E-state index in [9.17, 15) is 0 Å². The molecule has 0 amide bonds. The number of halogens is 1. The molecule has 1 heterocycles. The zero-order valence-corrected chi connectivity index (χ0v) is 8.85. The van der Waals surface area contributed by atoms with Crippen molar-refractivity contribution in [2.45, 2.75) is 43.9 Å². The minimum atomic E-state index is -0.368. The molecule has 11 heavy (non-hydrogen) atoms. The van der Waals surface area contributed by atoms with Crippen LogP contribution >= 0.6 is 15.9 Å². The summed E-state index contributed by atoms with van der Waals surface area (Å²) in [7, 11) is 0. The van der Waals surface area contributed by atoms with E-state index in [4.69, 9.17) is 9.47 Å². The third kappa shape index (κ3) is 3.09. The van der Waals surface area contributed by atoms with Gasteiger partial charge in [0.05, 0.1) is 12.7 Å². The van der Waals surface area contributed by atoms with Crippen molar-refractivity contribution in [3.8, 4) is 0 Å². The van der Waals surface area contributed by atoms with Crippen LogP contribution in [0.1, 0.15) is 27.2 Å².